The number of fused-ring (bicyclic) bond motifs is 4. The predicted octanol–water partition coefficient (Wildman–Crippen LogP) is 4.12. The van der Waals surface area contributed by atoms with E-state index in [1.54, 1.807) is 17.0 Å². The molecule has 6 rings (SSSR count). The van der Waals surface area contributed by atoms with Crippen LogP contribution in [0.3, 0.4) is 0 Å². The maximum atomic E-state index is 13.1. The molecule has 1 aromatic heterocycles. The van der Waals surface area contributed by atoms with Crippen molar-refractivity contribution in [3.05, 3.63) is 71.7 Å². The van der Waals surface area contributed by atoms with Gasteiger partial charge in [0.05, 0.1) is 12.4 Å². The number of aliphatic hydroxyl groups excluding tert-OH is 1. The van der Waals surface area contributed by atoms with E-state index in [0.717, 1.165) is 48.6 Å². The van der Waals surface area contributed by atoms with E-state index in [2.05, 4.69) is 29.2 Å². The molecule has 1 amide bonds. The highest BCUT2D eigenvalue weighted by molar-refractivity contribution is 5.91. The van der Waals surface area contributed by atoms with Gasteiger partial charge in [0.25, 0.3) is 5.91 Å². The summed E-state index contributed by atoms with van der Waals surface area (Å²) < 4.78 is 16.4. The van der Waals surface area contributed by atoms with Gasteiger partial charge in [-0.3, -0.25) is 9.69 Å². The molecule has 3 aliphatic heterocycles. The fourth-order valence-corrected chi connectivity index (χ4v) is 5.94. The van der Waals surface area contributed by atoms with Gasteiger partial charge in [-0.1, -0.05) is 18.2 Å². The first-order valence-electron chi connectivity index (χ1n) is 12.2. The molecule has 0 spiro atoms. The van der Waals surface area contributed by atoms with Crippen LogP contribution in [0.1, 0.15) is 41.1 Å². The summed E-state index contributed by atoms with van der Waals surface area (Å²) in [5.41, 5.74) is 4.89. The zero-order valence-electron chi connectivity index (χ0n) is 20.0. The summed E-state index contributed by atoms with van der Waals surface area (Å²) in [6, 6.07) is 16.3. The molecule has 1 saturated heterocycles. The number of aliphatic hydroxyl groups is 1. The van der Waals surface area contributed by atoms with E-state index >= 15 is 0 Å². The Kier molecular flexibility index (Phi) is 5.54. The number of benzene rings is 2. The molecule has 0 saturated carbocycles. The molecule has 4 heterocycles. The normalized spacial score (nSPS) is 23.9. The summed E-state index contributed by atoms with van der Waals surface area (Å²) in [5, 5.41) is 10.7. The lowest BCUT2D eigenvalue weighted by molar-refractivity contribution is -0.0238. The minimum absolute atomic E-state index is 0.0336. The van der Waals surface area contributed by atoms with Gasteiger partial charge >= 0.3 is 0 Å². The first kappa shape index (κ1) is 22.2. The number of hydrogen-bond donors (Lipinski definition) is 1. The van der Waals surface area contributed by atoms with E-state index in [1.165, 1.54) is 17.4 Å². The van der Waals surface area contributed by atoms with Crippen molar-refractivity contribution in [2.75, 3.05) is 26.9 Å². The third kappa shape index (κ3) is 3.89. The zero-order valence-corrected chi connectivity index (χ0v) is 20.0. The Labute approximate surface area is 204 Å². The van der Waals surface area contributed by atoms with Crippen molar-refractivity contribution in [3.63, 3.8) is 0 Å². The van der Waals surface area contributed by atoms with E-state index in [0.29, 0.717) is 5.76 Å². The van der Waals surface area contributed by atoms with E-state index in [9.17, 15) is 9.90 Å². The monoisotopic (exact) mass is 474 g/mol. The molecule has 0 aliphatic carbocycles. The van der Waals surface area contributed by atoms with Crippen LogP contribution in [-0.2, 0) is 6.42 Å². The largest absolute Gasteiger partial charge is 0.459 e. The average Bonchev–Trinajstić information content (AvgIpc) is 3.58. The number of rotatable bonds is 4. The molecule has 3 aromatic rings. The van der Waals surface area contributed by atoms with Crippen molar-refractivity contribution in [3.8, 4) is 22.6 Å². The fourth-order valence-electron chi connectivity index (χ4n) is 5.94. The van der Waals surface area contributed by atoms with E-state index in [1.807, 2.05) is 26.1 Å². The maximum Gasteiger partial charge on any atom is 0.289 e. The molecule has 2 aromatic carbocycles. The van der Waals surface area contributed by atoms with Crippen LogP contribution in [0.5, 0.6) is 11.5 Å². The molecule has 1 N–H and O–H groups in total. The Bertz CT molecular complexity index is 1240. The summed E-state index contributed by atoms with van der Waals surface area (Å²) in [5.74, 6) is 1.70. The standard InChI is InChI=1S/C28H30N2O5/c1-17(31)22-15-30-10-9-18-5-6-19(20-7-8-25-27(13-20)35-16-34-25)12-21(18)24(30)14-23(22)29(2)28(32)26-4-3-11-33-26/h3-8,11-13,17,22-24,31H,9-10,14-16H2,1-2H3/t17-,22-,23-,24-/m0/s1. The van der Waals surface area contributed by atoms with E-state index in [-0.39, 0.29) is 30.7 Å². The minimum Gasteiger partial charge on any atom is -0.459 e. The fraction of sp³-hybridized carbons (Fsp3) is 0.393. The molecule has 4 atom stereocenters. The van der Waals surface area contributed by atoms with Crippen molar-refractivity contribution in [2.24, 2.45) is 5.92 Å². The Morgan fingerprint density at radius 3 is 2.71 bits per heavy atom. The van der Waals surface area contributed by atoms with Crippen LogP contribution in [0.25, 0.3) is 11.1 Å². The molecule has 35 heavy (non-hydrogen) atoms. The molecule has 3 aliphatic rings. The molecule has 7 nitrogen and oxygen atoms in total. The number of amides is 1. The van der Waals surface area contributed by atoms with Gasteiger partial charge in [-0.05, 0) is 72.4 Å². The van der Waals surface area contributed by atoms with Gasteiger partial charge in [0.15, 0.2) is 17.3 Å². The van der Waals surface area contributed by atoms with Gasteiger partial charge in [-0.2, -0.15) is 0 Å². The third-order valence-corrected chi connectivity index (χ3v) is 7.89. The number of nitrogens with zero attached hydrogens (tertiary/aromatic N) is 2. The minimum atomic E-state index is -0.519. The number of piperidine rings is 1. The van der Waals surface area contributed by atoms with Crippen molar-refractivity contribution in [2.45, 2.75) is 38.0 Å². The first-order chi connectivity index (χ1) is 17.0. The summed E-state index contributed by atoms with van der Waals surface area (Å²) in [4.78, 5) is 17.4. The second kappa shape index (κ2) is 8.73. The summed E-state index contributed by atoms with van der Waals surface area (Å²) in [6.45, 7) is 3.79. The maximum absolute atomic E-state index is 13.1. The molecule has 0 radical (unpaired) electrons. The number of furan rings is 1. The molecular weight excluding hydrogens is 444 g/mol. The summed E-state index contributed by atoms with van der Waals surface area (Å²) in [7, 11) is 1.83. The molecule has 0 bridgehead atoms. The highest BCUT2D eigenvalue weighted by Crippen LogP contribution is 2.43. The van der Waals surface area contributed by atoms with Crippen LogP contribution >= 0.6 is 0 Å². The molecule has 1 fully saturated rings. The number of hydrogen-bond acceptors (Lipinski definition) is 6. The predicted molar refractivity (Wildman–Crippen MR) is 130 cm³/mol. The lowest BCUT2D eigenvalue weighted by atomic mass is 9.77. The highest BCUT2D eigenvalue weighted by Gasteiger charge is 2.43. The first-order valence-corrected chi connectivity index (χ1v) is 12.2. The summed E-state index contributed by atoms with van der Waals surface area (Å²) in [6.07, 6.45) is 2.74. The van der Waals surface area contributed by atoms with Crippen LogP contribution in [0.2, 0.25) is 0 Å². The second-order valence-corrected chi connectivity index (χ2v) is 9.84. The van der Waals surface area contributed by atoms with Crippen molar-refractivity contribution < 1.29 is 23.8 Å². The quantitative estimate of drug-likeness (QED) is 0.613. The van der Waals surface area contributed by atoms with Crippen molar-refractivity contribution in [1.29, 1.82) is 0 Å². The zero-order chi connectivity index (χ0) is 24.1. The molecule has 182 valence electrons. The van der Waals surface area contributed by atoms with Gasteiger partial charge in [0.1, 0.15) is 0 Å². The van der Waals surface area contributed by atoms with E-state index < -0.39 is 6.10 Å². The molecule has 0 unspecified atom stereocenters. The lowest BCUT2D eigenvalue weighted by Crippen LogP contribution is -2.56. The van der Waals surface area contributed by atoms with Crippen LogP contribution in [-0.4, -0.2) is 59.9 Å². The van der Waals surface area contributed by atoms with Crippen molar-refractivity contribution >= 4 is 5.91 Å². The lowest BCUT2D eigenvalue weighted by Gasteiger charge is -2.50. The van der Waals surface area contributed by atoms with Crippen LogP contribution in [0.4, 0.5) is 0 Å². The van der Waals surface area contributed by atoms with E-state index in [4.69, 9.17) is 13.9 Å². The van der Waals surface area contributed by atoms with Gasteiger partial charge in [0.2, 0.25) is 6.79 Å². The van der Waals surface area contributed by atoms with Gasteiger partial charge < -0.3 is 23.9 Å². The Hall–Kier alpha value is -3.29. The Morgan fingerprint density at radius 2 is 1.91 bits per heavy atom. The Balaban J connectivity index is 1.33. The third-order valence-electron chi connectivity index (χ3n) is 7.89. The topological polar surface area (TPSA) is 75.4 Å². The number of carbonyl (C=O) groups is 1. The second-order valence-electron chi connectivity index (χ2n) is 9.84. The smallest absolute Gasteiger partial charge is 0.289 e. The summed E-state index contributed by atoms with van der Waals surface area (Å²) >= 11 is 0. The Morgan fingerprint density at radius 1 is 1.11 bits per heavy atom. The SMILES string of the molecule is C[C@H](O)[C@@H]1CN2CCc3ccc(-c4ccc5c(c4)OCO5)cc3[C@@H]2C[C@@H]1N(C)C(=O)c1ccco1. The number of carbonyl (C=O) groups excluding carboxylic acids is 1. The average molecular weight is 475 g/mol. The van der Waals surface area contributed by atoms with Crippen LogP contribution in [0.15, 0.2) is 59.2 Å². The van der Waals surface area contributed by atoms with Gasteiger partial charge in [-0.15, -0.1) is 0 Å². The highest BCUT2D eigenvalue weighted by atomic mass is 16.7. The molecular formula is C28H30N2O5. The van der Waals surface area contributed by atoms with Gasteiger partial charge in [-0.25, -0.2) is 0 Å². The van der Waals surface area contributed by atoms with Crippen LogP contribution in [0, 0.1) is 5.92 Å². The molecule has 7 heteroatoms. The van der Waals surface area contributed by atoms with Crippen molar-refractivity contribution in [1.82, 2.24) is 9.80 Å². The van der Waals surface area contributed by atoms with Gasteiger partial charge in [0, 0.05) is 38.1 Å². The van der Waals surface area contributed by atoms with Crippen LogP contribution < -0.4 is 9.47 Å². The number of ether oxygens (including phenoxy) is 2.